The first-order valence-electron chi connectivity index (χ1n) is 5.10. The summed E-state index contributed by atoms with van der Waals surface area (Å²) in [5.41, 5.74) is 1.12. The van der Waals surface area contributed by atoms with Gasteiger partial charge in [-0.3, -0.25) is 0 Å². The lowest BCUT2D eigenvalue weighted by molar-refractivity contribution is 0.306. The van der Waals surface area contributed by atoms with E-state index in [2.05, 4.69) is 6.07 Å². The van der Waals surface area contributed by atoms with Crippen molar-refractivity contribution >= 4 is 0 Å². The van der Waals surface area contributed by atoms with Crippen molar-refractivity contribution in [1.82, 2.24) is 0 Å². The lowest BCUT2D eigenvalue weighted by Crippen LogP contribution is -1.95. The van der Waals surface area contributed by atoms with E-state index in [1.54, 1.807) is 7.11 Å². The Labute approximate surface area is 95.4 Å². The summed E-state index contributed by atoms with van der Waals surface area (Å²) in [6.07, 6.45) is 0. The summed E-state index contributed by atoms with van der Waals surface area (Å²) in [4.78, 5) is 0. The Morgan fingerprint density at radius 2 is 1.88 bits per heavy atom. The van der Waals surface area contributed by atoms with Crippen LogP contribution in [0.5, 0.6) is 11.5 Å². The molecule has 2 aromatic rings. The monoisotopic (exact) mass is 213 g/mol. The lowest BCUT2D eigenvalue weighted by Gasteiger charge is -2.06. The third kappa shape index (κ3) is 2.76. The van der Waals surface area contributed by atoms with Crippen LogP contribution in [-0.4, -0.2) is 7.11 Å². The van der Waals surface area contributed by atoms with Gasteiger partial charge >= 0.3 is 0 Å². The van der Waals surface area contributed by atoms with Crippen molar-refractivity contribution in [3.8, 4) is 11.5 Å². The second-order valence-corrected chi connectivity index (χ2v) is 3.38. The summed E-state index contributed by atoms with van der Waals surface area (Å²) in [7, 11) is 1.66. The van der Waals surface area contributed by atoms with Gasteiger partial charge in [0.2, 0.25) is 0 Å². The molecule has 2 nitrogen and oxygen atoms in total. The van der Waals surface area contributed by atoms with E-state index in [1.165, 1.54) is 0 Å². The zero-order chi connectivity index (χ0) is 11.2. The molecule has 2 heteroatoms. The first-order valence-corrected chi connectivity index (χ1v) is 5.10. The zero-order valence-electron chi connectivity index (χ0n) is 9.14. The Morgan fingerprint density at radius 1 is 1.06 bits per heavy atom. The molecule has 0 aliphatic carbocycles. The van der Waals surface area contributed by atoms with Crippen LogP contribution >= 0.6 is 0 Å². The molecule has 0 aliphatic rings. The summed E-state index contributed by atoms with van der Waals surface area (Å²) in [5.74, 6) is 1.69. The normalized spacial score (nSPS) is 9.81. The molecule has 0 saturated carbocycles. The minimum Gasteiger partial charge on any atom is -0.497 e. The van der Waals surface area contributed by atoms with Crippen molar-refractivity contribution in [1.29, 1.82) is 0 Å². The molecule has 0 heterocycles. The van der Waals surface area contributed by atoms with Crippen LogP contribution in [0.3, 0.4) is 0 Å². The molecule has 0 saturated heterocycles. The van der Waals surface area contributed by atoms with Crippen LogP contribution in [0.1, 0.15) is 5.56 Å². The molecule has 0 atom stereocenters. The summed E-state index contributed by atoms with van der Waals surface area (Å²) in [6, 6.07) is 18.3. The van der Waals surface area contributed by atoms with Crippen molar-refractivity contribution in [3.63, 3.8) is 0 Å². The molecule has 0 unspecified atom stereocenters. The van der Waals surface area contributed by atoms with Gasteiger partial charge in [-0.1, -0.05) is 24.3 Å². The molecule has 2 aromatic carbocycles. The second kappa shape index (κ2) is 5.21. The molecule has 81 valence electrons. The van der Waals surface area contributed by atoms with E-state index in [1.807, 2.05) is 48.5 Å². The van der Waals surface area contributed by atoms with Crippen molar-refractivity contribution in [3.05, 3.63) is 60.2 Å². The molecule has 0 N–H and O–H groups in total. The highest BCUT2D eigenvalue weighted by atomic mass is 16.5. The number of ether oxygens (including phenoxy) is 2. The molecule has 1 radical (unpaired) electrons. The minimum absolute atomic E-state index is 0.557. The van der Waals surface area contributed by atoms with Gasteiger partial charge in [0.05, 0.1) is 7.11 Å². The van der Waals surface area contributed by atoms with Crippen LogP contribution in [-0.2, 0) is 6.61 Å². The summed E-state index contributed by atoms with van der Waals surface area (Å²) in [5, 5.41) is 0. The zero-order valence-corrected chi connectivity index (χ0v) is 9.14. The van der Waals surface area contributed by atoms with Crippen LogP contribution in [0.4, 0.5) is 0 Å². The van der Waals surface area contributed by atoms with Gasteiger partial charge in [0.25, 0.3) is 0 Å². The van der Waals surface area contributed by atoms with Crippen LogP contribution in [0, 0.1) is 6.07 Å². The fourth-order valence-electron chi connectivity index (χ4n) is 1.36. The van der Waals surface area contributed by atoms with Gasteiger partial charge in [-0.05, 0) is 35.9 Å². The third-order valence-corrected chi connectivity index (χ3v) is 2.24. The lowest BCUT2D eigenvalue weighted by atomic mass is 10.2. The SMILES string of the molecule is COc1ccc(COc2c[c]ccc2)cc1. The van der Waals surface area contributed by atoms with Crippen LogP contribution in [0.2, 0.25) is 0 Å². The third-order valence-electron chi connectivity index (χ3n) is 2.24. The quantitative estimate of drug-likeness (QED) is 0.777. The first kappa shape index (κ1) is 10.6. The first-order chi connectivity index (χ1) is 7.88. The van der Waals surface area contributed by atoms with Gasteiger partial charge in [0.15, 0.2) is 0 Å². The van der Waals surface area contributed by atoms with Gasteiger partial charge in [0.1, 0.15) is 18.1 Å². The second-order valence-electron chi connectivity index (χ2n) is 3.38. The van der Waals surface area contributed by atoms with E-state index in [0.717, 1.165) is 17.1 Å². The molecule has 0 spiro atoms. The van der Waals surface area contributed by atoms with Gasteiger partial charge in [0, 0.05) is 0 Å². The molecule has 0 amide bonds. The number of methoxy groups -OCH3 is 1. The molecular formula is C14H13O2. The van der Waals surface area contributed by atoms with Gasteiger partial charge in [-0.2, -0.15) is 0 Å². The molecule has 0 aromatic heterocycles. The molecule has 16 heavy (non-hydrogen) atoms. The topological polar surface area (TPSA) is 18.5 Å². The fourth-order valence-corrected chi connectivity index (χ4v) is 1.36. The molecule has 2 rings (SSSR count). The van der Waals surface area contributed by atoms with E-state index in [-0.39, 0.29) is 0 Å². The van der Waals surface area contributed by atoms with E-state index in [9.17, 15) is 0 Å². The van der Waals surface area contributed by atoms with Crippen LogP contribution in [0.25, 0.3) is 0 Å². The van der Waals surface area contributed by atoms with E-state index >= 15 is 0 Å². The maximum atomic E-state index is 5.59. The van der Waals surface area contributed by atoms with Crippen LogP contribution in [0.15, 0.2) is 48.5 Å². The maximum Gasteiger partial charge on any atom is 0.120 e. The average Bonchev–Trinajstić information content (AvgIpc) is 2.38. The highest BCUT2D eigenvalue weighted by molar-refractivity contribution is 5.27. The van der Waals surface area contributed by atoms with Crippen molar-refractivity contribution in [2.24, 2.45) is 0 Å². The predicted octanol–water partition coefficient (Wildman–Crippen LogP) is 3.07. The number of hydrogen-bond acceptors (Lipinski definition) is 2. The molecule has 0 bridgehead atoms. The summed E-state index contributed by atoms with van der Waals surface area (Å²) < 4.78 is 10.7. The minimum atomic E-state index is 0.557. The summed E-state index contributed by atoms with van der Waals surface area (Å²) >= 11 is 0. The average molecular weight is 213 g/mol. The Balaban J connectivity index is 1.94. The van der Waals surface area contributed by atoms with E-state index in [4.69, 9.17) is 9.47 Å². The number of hydrogen-bond donors (Lipinski definition) is 0. The Kier molecular flexibility index (Phi) is 3.44. The smallest absolute Gasteiger partial charge is 0.120 e. The molecular weight excluding hydrogens is 200 g/mol. The fraction of sp³-hybridized carbons (Fsp3) is 0.143. The number of benzene rings is 2. The van der Waals surface area contributed by atoms with Gasteiger partial charge < -0.3 is 9.47 Å². The van der Waals surface area contributed by atoms with Gasteiger partial charge in [-0.25, -0.2) is 0 Å². The van der Waals surface area contributed by atoms with E-state index < -0.39 is 0 Å². The standard InChI is InChI=1S/C14H13O2/c1-15-13-9-7-12(8-10-13)11-16-14-5-3-2-4-6-14/h2-3,5-10H,11H2,1H3. The van der Waals surface area contributed by atoms with Crippen molar-refractivity contribution in [2.75, 3.05) is 7.11 Å². The number of rotatable bonds is 4. The highest BCUT2D eigenvalue weighted by Gasteiger charge is 1.96. The van der Waals surface area contributed by atoms with Crippen molar-refractivity contribution in [2.45, 2.75) is 6.61 Å². The van der Waals surface area contributed by atoms with Crippen LogP contribution < -0.4 is 9.47 Å². The Bertz CT molecular complexity index is 420. The maximum absolute atomic E-state index is 5.59. The Morgan fingerprint density at radius 3 is 2.50 bits per heavy atom. The highest BCUT2D eigenvalue weighted by Crippen LogP contribution is 2.14. The van der Waals surface area contributed by atoms with Gasteiger partial charge in [-0.15, -0.1) is 0 Å². The molecule has 0 fully saturated rings. The van der Waals surface area contributed by atoms with E-state index in [0.29, 0.717) is 6.61 Å². The van der Waals surface area contributed by atoms with Crippen molar-refractivity contribution < 1.29 is 9.47 Å². The summed E-state index contributed by atoms with van der Waals surface area (Å²) in [6.45, 7) is 0.557. The molecule has 0 aliphatic heterocycles. The predicted molar refractivity (Wildman–Crippen MR) is 62.6 cm³/mol. The Hall–Kier alpha value is -1.96. The largest absolute Gasteiger partial charge is 0.497 e.